The number of nitrogens with zero attached hydrogens (tertiary/aromatic N) is 8. The van der Waals surface area contributed by atoms with Crippen molar-refractivity contribution in [1.29, 1.82) is 0 Å². The second-order valence-electron chi connectivity index (χ2n) is 7.02. The fraction of sp³-hybridized carbons (Fsp3) is 0.300. The summed E-state index contributed by atoms with van der Waals surface area (Å²) >= 11 is 0. The molecule has 0 amide bonds. The first-order chi connectivity index (χ1) is 14.8. The van der Waals surface area contributed by atoms with Crippen molar-refractivity contribution in [3.05, 3.63) is 48.8 Å². The molecule has 5 heterocycles. The van der Waals surface area contributed by atoms with E-state index >= 15 is 0 Å². The monoisotopic (exact) mass is 403 g/mol. The molecule has 1 aliphatic rings. The normalized spacial score (nSPS) is 14.3. The van der Waals surface area contributed by atoms with Crippen molar-refractivity contribution < 1.29 is 4.74 Å². The van der Waals surface area contributed by atoms with Gasteiger partial charge in [-0.05, 0) is 18.1 Å². The molecule has 152 valence electrons. The lowest BCUT2D eigenvalue weighted by Gasteiger charge is -2.27. The van der Waals surface area contributed by atoms with Gasteiger partial charge in [-0.1, -0.05) is 6.07 Å². The van der Waals surface area contributed by atoms with E-state index in [1.54, 1.807) is 24.9 Å². The first-order valence-corrected chi connectivity index (χ1v) is 9.80. The van der Waals surface area contributed by atoms with Crippen LogP contribution in [-0.4, -0.2) is 60.8 Å². The highest BCUT2D eigenvalue weighted by molar-refractivity contribution is 5.88. The minimum atomic E-state index is 0.222. The Balaban J connectivity index is 1.57. The Labute approximate surface area is 172 Å². The summed E-state index contributed by atoms with van der Waals surface area (Å²) in [7, 11) is 0. The van der Waals surface area contributed by atoms with Crippen molar-refractivity contribution in [3.8, 4) is 11.3 Å². The fourth-order valence-corrected chi connectivity index (χ4v) is 3.46. The average molecular weight is 403 g/mol. The molecule has 10 heteroatoms. The Morgan fingerprint density at radius 2 is 1.87 bits per heavy atom. The van der Waals surface area contributed by atoms with Gasteiger partial charge < -0.3 is 19.9 Å². The molecule has 0 saturated carbocycles. The molecule has 1 aliphatic heterocycles. The maximum Gasteiger partial charge on any atom is 0.228 e. The van der Waals surface area contributed by atoms with Gasteiger partial charge in [-0.3, -0.25) is 4.98 Å². The summed E-state index contributed by atoms with van der Waals surface area (Å²) in [4.78, 5) is 28.8. The Morgan fingerprint density at radius 3 is 2.63 bits per heavy atom. The third-order valence-electron chi connectivity index (χ3n) is 5.06. The van der Waals surface area contributed by atoms with Crippen LogP contribution in [0, 0.1) is 0 Å². The molecule has 2 N–H and O–H groups in total. The van der Waals surface area contributed by atoms with Gasteiger partial charge in [-0.25, -0.2) is 19.9 Å². The summed E-state index contributed by atoms with van der Waals surface area (Å²) in [6.07, 6.45) is 9.63. The van der Waals surface area contributed by atoms with Gasteiger partial charge in [0.05, 0.1) is 19.5 Å². The Morgan fingerprint density at radius 1 is 1.03 bits per heavy atom. The smallest absolute Gasteiger partial charge is 0.228 e. The zero-order valence-electron chi connectivity index (χ0n) is 16.3. The Hall–Kier alpha value is -3.66. The number of aromatic nitrogens is 7. The van der Waals surface area contributed by atoms with Gasteiger partial charge in [-0.2, -0.15) is 4.98 Å². The molecule has 5 rings (SSSR count). The lowest BCUT2D eigenvalue weighted by Crippen LogP contribution is -2.37. The van der Waals surface area contributed by atoms with Crippen LogP contribution in [0.2, 0.25) is 0 Å². The summed E-state index contributed by atoms with van der Waals surface area (Å²) in [5.74, 6) is 0.875. The van der Waals surface area contributed by atoms with Crippen molar-refractivity contribution in [2.75, 3.05) is 36.9 Å². The van der Waals surface area contributed by atoms with Crippen molar-refractivity contribution in [2.45, 2.75) is 13.0 Å². The van der Waals surface area contributed by atoms with Crippen molar-refractivity contribution in [3.63, 3.8) is 0 Å². The zero-order valence-corrected chi connectivity index (χ0v) is 16.3. The Kier molecular flexibility index (Phi) is 4.89. The van der Waals surface area contributed by atoms with Gasteiger partial charge >= 0.3 is 0 Å². The van der Waals surface area contributed by atoms with Gasteiger partial charge in [0.2, 0.25) is 11.9 Å². The largest absolute Gasteiger partial charge is 0.378 e. The molecular weight excluding hydrogens is 382 g/mol. The van der Waals surface area contributed by atoms with Gasteiger partial charge in [0.15, 0.2) is 5.65 Å². The molecule has 0 spiro atoms. The number of ether oxygens (including phenoxy) is 1. The molecule has 0 unspecified atom stereocenters. The fourth-order valence-electron chi connectivity index (χ4n) is 3.46. The van der Waals surface area contributed by atoms with Crippen LogP contribution in [0.4, 0.5) is 11.9 Å². The molecule has 1 saturated heterocycles. The number of imidazole rings is 1. The molecule has 0 atom stereocenters. The minimum Gasteiger partial charge on any atom is -0.378 e. The van der Waals surface area contributed by atoms with E-state index in [1.807, 2.05) is 12.3 Å². The molecule has 0 radical (unpaired) electrons. The SMILES string of the molecule is Nc1ncc(-c2nc(N3CCOCC3)nc3c2ncn3CCc2cccnc2)cn1. The third-order valence-corrected chi connectivity index (χ3v) is 5.06. The third kappa shape index (κ3) is 3.64. The first-order valence-electron chi connectivity index (χ1n) is 9.80. The quantitative estimate of drug-likeness (QED) is 0.526. The topological polar surface area (TPSA) is 121 Å². The average Bonchev–Trinajstić information content (AvgIpc) is 3.22. The highest BCUT2D eigenvalue weighted by Gasteiger charge is 2.20. The molecule has 4 aromatic heterocycles. The minimum absolute atomic E-state index is 0.222. The van der Waals surface area contributed by atoms with Crippen LogP contribution in [0.1, 0.15) is 5.56 Å². The van der Waals surface area contributed by atoms with Crippen molar-refractivity contribution in [2.24, 2.45) is 0 Å². The highest BCUT2D eigenvalue weighted by atomic mass is 16.5. The van der Waals surface area contributed by atoms with Crippen LogP contribution >= 0.6 is 0 Å². The highest BCUT2D eigenvalue weighted by Crippen LogP contribution is 2.27. The summed E-state index contributed by atoms with van der Waals surface area (Å²) in [6, 6.07) is 4.01. The molecule has 4 aromatic rings. The maximum atomic E-state index is 5.66. The van der Waals surface area contributed by atoms with Crippen molar-refractivity contribution in [1.82, 2.24) is 34.5 Å². The standard InChI is InChI=1S/C20H21N9O/c21-19-23-11-15(12-24-19)16-17-18(27-20(26-16)28-6-8-30-9-7-28)29(13-25-17)5-3-14-2-1-4-22-10-14/h1-2,4,10-13H,3,5-9H2,(H2,21,23,24). The van der Waals surface area contributed by atoms with Crippen LogP contribution in [0.5, 0.6) is 0 Å². The van der Waals surface area contributed by atoms with E-state index in [-0.39, 0.29) is 5.95 Å². The molecule has 10 nitrogen and oxygen atoms in total. The molecule has 0 bridgehead atoms. The first kappa shape index (κ1) is 18.4. The summed E-state index contributed by atoms with van der Waals surface area (Å²) in [5, 5.41) is 0. The number of pyridine rings is 1. The van der Waals surface area contributed by atoms with E-state index in [9.17, 15) is 0 Å². The second kappa shape index (κ2) is 7.99. The predicted octanol–water partition coefficient (Wildman–Crippen LogP) is 1.34. The zero-order chi connectivity index (χ0) is 20.3. The van der Waals surface area contributed by atoms with E-state index in [4.69, 9.17) is 20.4 Å². The lowest BCUT2D eigenvalue weighted by molar-refractivity contribution is 0.122. The number of hydrogen-bond acceptors (Lipinski definition) is 9. The molecule has 1 fully saturated rings. The van der Waals surface area contributed by atoms with Crippen LogP contribution in [0.25, 0.3) is 22.4 Å². The van der Waals surface area contributed by atoms with E-state index in [0.717, 1.165) is 42.8 Å². The van der Waals surface area contributed by atoms with E-state index in [0.29, 0.717) is 30.4 Å². The van der Waals surface area contributed by atoms with Crippen LogP contribution in [0.3, 0.4) is 0 Å². The van der Waals surface area contributed by atoms with Gasteiger partial charge in [-0.15, -0.1) is 0 Å². The van der Waals surface area contributed by atoms with Crippen LogP contribution < -0.4 is 10.6 Å². The summed E-state index contributed by atoms with van der Waals surface area (Å²) < 4.78 is 7.53. The number of morpholine rings is 1. The summed E-state index contributed by atoms with van der Waals surface area (Å²) in [5.41, 5.74) is 9.77. The molecule has 0 aliphatic carbocycles. The molecular formula is C20H21N9O. The van der Waals surface area contributed by atoms with E-state index < -0.39 is 0 Å². The lowest BCUT2D eigenvalue weighted by atomic mass is 10.2. The molecule has 0 aromatic carbocycles. The summed E-state index contributed by atoms with van der Waals surface area (Å²) in [6.45, 7) is 3.53. The van der Waals surface area contributed by atoms with Crippen LogP contribution in [-0.2, 0) is 17.7 Å². The number of aryl methyl sites for hydroxylation is 2. The number of hydrogen-bond donors (Lipinski definition) is 1. The number of nitrogens with two attached hydrogens (primary N) is 1. The van der Waals surface area contributed by atoms with Gasteiger partial charge in [0.1, 0.15) is 11.2 Å². The second-order valence-corrected chi connectivity index (χ2v) is 7.02. The maximum absolute atomic E-state index is 5.66. The van der Waals surface area contributed by atoms with Crippen LogP contribution in [0.15, 0.2) is 43.2 Å². The molecule has 30 heavy (non-hydrogen) atoms. The number of fused-ring (bicyclic) bond motifs is 1. The van der Waals surface area contributed by atoms with Gasteiger partial charge in [0, 0.05) is 50.0 Å². The number of anilines is 2. The van der Waals surface area contributed by atoms with Gasteiger partial charge in [0.25, 0.3) is 0 Å². The number of rotatable bonds is 5. The predicted molar refractivity (Wildman–Crippen MR) is 112 cm³/mol. The van der Waals surface area contributed by atoms with E-state index in [1.165, 1.54) is 0 Å². The van der Waals surface area contributed by atoms with E-state index in [2.05, 4.69) is 35.5 Å². The Bertz CT molecular complexity index is 1140. The number of nitrogen functional groups attached to an aromatic ring is 1. The van der Waals surface area contributed by atoms with Crippen molar-refractivity contribution >= 4 is 23.1 Å².